The maximum atomic E-state index is 7.75. The van der Waals surface area contributed by atoms with E-state index in [9.17, 15) is 0 Å². The molecule has 1 aromatic heterocycles. The number of thiophene rings is 1. The largest absolute Gasteiger partial charge is 0.312 e. The van der Waals surface area contributed by atoms with Gasteiger partial charge in [-0.2, -0.15) is 0 Å². The molecule has 60 radical (unpaired) electrons. The molecular weight excluding hydrogens is 995 g/mol. The zero-order valence-electron chi connectivity index (χ0n) is 44.6. The summed E-state index contributed by atoms with van der Waals surface area (Å²) in [7, 11) is 203. The molecule has 0 saturated carbocycles. The van der Waals surface area contributed by atoms with Crippen molar-refractivity contribution in [1.29, 1.82) is 0 Å². The minimum Gasteiger partial charge on any atom is -0.312 e. The molecule has 1 nitrogen and oxygen atoms in total. The predicted molar refractivity (Wildman–Crippen MR) is 395 cm³/mol. The van der Waals surface area contributed by atoms with Gasteiger partial charge in [0.05, 0.1) is 0 Å². The quantitative estimate of drug-likeness (QED) is 0.144. The van der Waals surface area contributed by atoms with Crippen LogP contribution >= 0.6 is 11.3 Å². The van der Waals surface area contributed by atoms with Crippen LogP contribution in [0.25, 0.3) is 75.5 Å². The highest BCUT2D eigenvalue weighted by Gasteiger charge is 2.32. The molecule has 1 heterocycles. The minimum absolute atomic E-state index is 0.00276. The first kappa shape index (κ1) is 62.3. The zero-order chi connectivity index (χ0) is 62.0. The summed E-state index contributed by atoms with van der Waals surface area (Å²) < 4.78 is 0.660. The SMILES string of the molecule is [B]c1ccc(-c2c([B])c([B])c(N(c3cc([B])c(-c4c([B])c([B])c([B])c([B])c4[B])c([B])c3)c3cc([B])c(-c4c([B])c([B])c([B])c5c([B])c([B])c([B])c([B])c45)c([B])c3[B])c([B])c2-c2c([B])c([B])c([B])c3c2sc2c([B])c([B])c([B])c([B])c23)c([B])c1[B]. The lowest BCUT2D eigenvalue weighted by molar-refractivity contribution is 1.33. The first-order valence-electron chi connectivity index (χ1n) is 24.6. The molecule has 0 aliphatic heterocycles. The second kappa shape index (κ2) is 22.1. The molecule has 10 rings (SSSR count). The van der Waals surface area contributed by atoms with E-state index in [1.807, 2.05) is 0 Å². The van der Waals surface area contributed by atoms with Crippen LogP contribution < -0.4 is 169 Å². The zero-order valence-corrected chi connectivity index (χ0v) is 45.4. The second-order valence-electron chi connectivity index (χ2n) is 20.1. The van der Waals surface area contributed by atoms with Crippen molar-refractivity contribution in [2.45, 2.75) is 0 Å². The lowest BCUT2D eigenvalue weighted by atomic mass is 9.57. The average Bonchev–Trinajstić information content (AvgIpc) is 3.62. The Hall–Kier alpha value is -4.79. The van der Waals surface area contributed by atoms with Crippen molar-refractivity contribution in [3.05, 3.63) is 30.3 Å². The fourth-order valence-electron chi connectivity index (χ4n) is 11.1. The van der Waals surface area contributed by atoms with E-state index < -0.39 is 0 Å². The number of rotatable bonds is 7. The Morgan fingerprint density at radius 3 is 1.15 bits per heavy atom. The van der Waals surface area contributed by atoms with E-state index in [-0.39, 0.29) is 242 Å². The van der Waals surface area contributed by atoms with Crippen LogP contribution in [0.2, 0.25) is 0 Å². The van der Waals surface area contributed by atoms with Gasteiger partial charge in [0.2, 0.25) is 0 Å². The van der Waals surface area contributed by atoms with Crippen LogP contribution in [0.4, 0.5) is 17.1 Å². The molecule has 0 N–H and O–H groups in total. The van der Waals surface area contributed by atoms with Gasteiger partial charge >= 0.3 is 0 Å². The van der Waals surface area contributed by atoms with Crippen LogP contribution in [0, 0.1) is 0 Å². The minimum atomic E-state index is -0.253. The monoisotopic (exact) mass is 1010 g/mol. The van der Waals surface area contributed by atoms with E-state index in [0.29, 0.717) is 14.8 Å². The standard InChI is InChI=1S/C52H5B30NS/c53-8-2-1-7(24(57)25(8)58)13-16(21-35(68)40(73)36(69)22-23-37(70)45(78)47(80)49(82)52(23)84-51(21)22)38(71)50(48(81)27(13)60)83(6-3-9(54)14(10(55)4-6)19-31(64)43(76)46(79)44(77)32(19)65)12-5-11(56)15(28(61)26(12)59)17-18-20(33(66)39(72)29(17)62)34(67)42(75)41(74)30(18)63/h1-5H. The molecule has 84 heavy (non-hydrogen) atoms. The molecule has 0 spiro atoms. The Balaban J connectivity index is 1.41. The first-order chi connectivity index (χ1) is 39.2. The van der Waals surface area contributed by atoms with Crippen molar-refractivity contribution < 1.29 is 0 Å². The maximum absolute atomic E-state index is 7.75. The lowest BCUT2D eigenvalue weighted by Gasteiger charge is -2.37. The Kier molecular flexibility index (Phi) is 16.4. The van der Waals surface area contributed by atoms with Crippen molar-refractivity contribution in [1.82, 2.24) is 0 Å². The average molecular weight is 1000 g/mol. The fourth-order valence-corrected chi connectivity index (χ4v) is 12.4. The molecule has 32 heteroatoms. The van der Waals surface area contributed by atoms with Gasteiger partial charge in [0.1, 0.15) is 235 Å². The van der Waals surface area contributed by atoms with Crippen molar-refractivity contribution in [3.8, 4) is 44.5 Å². The van der Waals surface area contributed by atoms with Gasteiger partial charge < -0.3 is 4.90 Å². The highest BCUT2D eigenvalue weighted by Crippen LogP contribution is 2.41. The maximum Gasteiger partial charge on any atom is 0.117 e. The Bertz CT molecular complexity index is 4630. The van der Waals surface area contributed by atoms with Crippen molar-refractivity contribution in [2.75, 3.05) is 4.90 Å². The molecule has 9 aromatic carbocycles. The smallest absolute Gasteiger partial charge is 0.117 e. The van der Waals surface area contributed by atoms with E-state index in [0.717, 1.165) is 11.3 Å². The van der Waals surface area contributed by atoms with Gasteiger partial charge in [-0.1, -0.05) is 116 Å². The Morgan fingerprint density at radius 1 is 0.226 bits per heavy atom. The normalized spacial score (nSPS) is 11.6. The number of benzene rings is 9. The molecule has 0 saturated heterocycles. The number of anilines is 3. The molecule has 314 valence electrons. The number of hydrogen-bond acceptors (Lipinski definition) is 2. The van der Waals surface area contributed by atoms with Crippen molar-refractivity contribution in [3.63, 3.8) is 0 Å². The summed E-state index contributed by atoms with van der Waals surface area (Å²) in [5.41, 5.74) is -2.34. The third-order valence-electron chi connectivity index (χ3n) is 15.6. The van der Waals surface area contributed by atoms with Crippen LogP contribution in [0.1, 0.15) is 0 Å². The summed E-state index contributed by atoms with van der Waals surface area (Å²) in [4.78, 5) is 1.41. The third kappa shape index (κ3) is 8.92. The fraction of sp³-hybridized carbons (Fsp3) is 0. The van der Waals surface area contributed by atoms with Gasteiger partial charge in [-0.15, -0.1) is 71.4 Å². The van der Waals surface area contributed by atoms with Gasteiger partial charge in [-0.05, 0) is 84.3 Å². The lowest BCUT2D eigenvalue weighted by Crippen LogP contribution is -2.56. The van der Waals surface area contributed by atoms with E-state index in [2.05, 4.69) is 0 Å². The topological polar surface area (TPSA) is 3.24 Å². The highest BCUT2D eigenvalue weighted by molar-refractivity contribution is 7.28. The van der Waals surface area contributed by atoms with E-state index >= 15 is 0 Å². The summed E-state index contributed by atoms with van der Waals surface area (Å²) in [6.07, 6.45) is 0. The number of fused-ring (bicyclic) bond motifs is 4. The molecular formula is C52H5B30NS. The molecule has 0 aliphatic rings. The van der Waals surface area contributed by atoms with Crippen LogP contribution in [0.5, 0.6) is 0 Å². The highest BCUT2D eigenvalue weighted by atomic mass is 32.1. The molecule has 0 bridgehead atoms. The van der Waals surface area contributed by atoms with Crippen LogP contribution in [0.3, 0.4) is 0 Å². The van der Waals surface area contributed by atoms with Crippen LogP contribution in [-0.4, -0.2) is 235 Å². The Labute approximate surface area is 534 Å². The van der Waals surface area contributed by atoms with Gasteiger partial charge in [0.25, 0.3) is 0 Å². The summed E-state index contributed by atoms with van der Waals surface area (Å²) in [5, 5.41) is 0.752. The number of nitrogens with zero attached hydrogens (tertiary/aromatic N) is 1. The summed E-state index contributed by atoms with van der Waals surface area (Å²) >= 11 is 1.08. The molecule has 0 fully saturated rings. The summed E-state index contributed by atoms with van der Waals surface area (Å²) in [5.74, 6) is 0. The van der Waals surface area contributed by atoms with Gasteiger partial charge in [-0.25, -0.2) is 0 Å². The van der Waals surface area contributed by atoms with Gasteiger partial charge in [-0.3, -0.25) is 0 Å². The molecule has 0 amide bonds. The number of hydrogen-bond donors (Lipinski definition) is 0. The van der Waals surface area contributed by atoms with E-state index in [1.54, 1.807) is 6.07 Å². The van der Waals surface area contributed by atoms with Crippen molar-refractivity contribution >= 4 is 459 Å². The van der Waals surface area contributed by atoms with Crippen molar-refractivity contribution in [2.24, 2.45) is 0 Å². The summed E-state index contributed by atoms with van der Waals surface area (Å²) in [6.45, 7) is 0. The molecule has 0 aliphatic carbocycles. The molecule has 0 unspecified atom stereocenters. The van der Waals surface area contributed by atoms with E-state index in [1.165, 1.54) is 29.2 Å². The van der Waals surface area contributed by atoms with Crippen LogP contribution in [-0.2, 0) is 0 Å². The van der Waals surface area contributed by atoms with Gasteiger partial charge in [0, 0.05) is 26.5 Å². The van der Waals surface area contributed by atoms with Gasteiger partial charge in [0.15, 0.2) is 0 Å². The van der Waals surface area contributed by atoms with Crippen LogP contribution in [0.15, 0.2) is 30.3 Å². The molecule has 10 aromatic rings. The van der Waals surface area contributed by atoms with E-state index in [4.69, 9.17) is 235 Å². The molecule has 0 atom stereocenters. The summed E-state index contributed by atoms with van der Waals surface area (Å²) in [6, 6.07) is 7.34. The Morgan fingerprint density at radius 2 is 0.619 bits per heavy atom. The predicted octanol–water partition coefficient (Wildman–Crippen LogP) is -20.8. The second-order valence-corrected chi connectivity index (χ2v) is 21.2. The first-order valence-corrected chi connectivity index (χ1v) is 25.4. The third-order valence-corrected chi connectivity index (χ3v) is 16.9.